The minimum Gasteiger partial charge on any atom is -0.493 e. The third-order valence-electron chi connectivity index (χ3n) is 7.96. The Kier molecular flexibility index (Phi) is 8.56. The van der Waals surface area contributed by atoms with Crippen molar-refractivity contribution in [3.8, 4) is 17.2 Å². The fourth-order valence-electron chi connectivity index (χ4n) is 5.45. The first kappa shape index (κ1) is 29.7. The number of fused-ring (bicyclic) bond motifs is 5. The summed E-state index contributed by atoms with van der Waals surface area (Å²) in [5.74, 6) is 1.51. The number of likely N-dealkylation sites (N-methyl/N-ethyl adjacent to an activating group) is 1. The quantitative estimate of drug-likeness (QED) is 0.457. The Labute approximate surface area is 256 Å². The molecule has 1 saturated heterocycles. The number of nitrogens with zero attached hydrogens (tertiary/aromatic N) is 3. The summed E-state index contributed by atoms with van der Waals surface area (Å²) in [7, 11) is 1.58. The molecule has 1 aliphatic carbocycles. The summed E-state index contributed by atoms with van der Waals surface area (Å²) in [6, 6.07) is 13.9. The van der Waals surface area contributed by atoms with Gasteiger partial charge in [0.05, 0.1) is 37.6 Å². The highest BCUT2D eigenvalue weighted by atomic mass is 16.5. The van der Waals surface area contributed by atoms with Gasteiger partial charge in [-0.15, -0.1) is 0 Å². The first-order chi connectivity index (χ1) is 21.2. The van der Waals surface area contributed by atoms with Crippen LogP contribution in [0.3, 0.4) is 0 Å². The van der Waals surface area contributed by atoms with Crippen molar-refractivity contribution in [1.29, 1.82) is 0 Å². The highest BCUT2D eigenvalue weighted by Crippen LogP contribution is 2.39. The highest BCUT2D eigenvalue weighted by Gasteiger charge is 2.36. The van der Waals surface area contributed by atoms with E-state index in [2.05, 4.69) is 10.5 Å². The number of hydrogen-bond acceptors (Lipinski definition) is 8. The van der Waals surface area contributed by atoms with Crippen molar-refractivity contribution in [1.82, 2.24) is 20.3 Å². The number of benzene rings is 2. The number of amides is 3. The molecular weight excluding hydrogens is 564 g/mol. The lowest BCUT2D eigenvalue weighted by Crippen LogP contribution is -2.57. The predicted octanol–water partition coefficient (Wildman–Crippen LogP) is 4.38. The summed E-state index contributed by atoms with van der Waals surface area (Å²) in [5, 5.41) is 7.14. The van der Waals surface area contributed by atoms with Crippen LogP contribution in [0.5, 0.6) is 17.2 Å². The van der Waals surface area contributed by atoms with Crippen molar-refractivity contribution >= 4 is 17.7 Å². The van der Waals surface area contributed by atoms with E-state index in [1.54, 1.807) is 36.2 Å². The SMILES string of the molecule is CC(C)COc1cc2cc(c1)C(=O)N(C)CC(=O)N[C@H]1CCN(C(=O)c3cc(C4CC4)no3)C[C@@H]1OCc1cccc(c1)O2. The molecule has 3 aromatic rings. The van der Waals surface area contributed by atoms with Gasteiger partial charge in [0.2, 0.25) is 11.7 Å². The van der Waals surface area contributed by atoms with Crippen LogP contribution >= 0.6 is 0 Å². The fourth-order valence-corrected chi connectivity index (χ4v) is 5.45. The molecule has 0 radical (unpaired) electrons. The summed E-state index contributed by atoms with van der Waals surface area (Å²) in [4.78, 5) is 43.0. The van der Waals surface area contributed by atoms with Gasteiger partial charge in [0.15, 0.2) is 0 Å². The molecule has 3 aliphatic rings. The van der Waals surface area contributed by atoms with Crippen LogP contribution in [0, 0.1) is 5.92 Å². The third-order valence-corrected chi connectivity index (χ3v) is 7.96. The lowest BCUT2D eigenvalue weighted by atomic mass is 10.0. The topological polar surface area (TPSA) is 123 Å². The molecule has 3 heterocycles. The van der Waals surface area contributed by atoms with Crippen LogP contribution in [0.4, 0.5) is 0 Å². The summed E-state index contributed by atoms with van der Waals surface area (Å²) in [6.07, 6.45) is 2.11. The Morgan fingerprint density at radius 3 is 2.73 bits per heavy atom. The average Bonchev–Trinajstić information content (AvgIpc) is 3.74. The number of hydrogen-bond donors (Lipinski definition) is 1. The minimum atomic E-state index is -0.491. The van der Waals surface area contributed by atoms with Gasteiger partial charge >= 0.3 is 0 Å². The maximum absolute atomic E-state index is 13.4. The first-order valence-corrected chi connectivity index (χ1v) is 15.2. The van der Waals surface area contributed by atoms with E-state index < -0.39 is 6.10 Å². The number of carbonyl (C=O) groups is 3. The summed E-state index contributed by atoms with van der Waals surface area (Å²) in [6.45, 7) is 5.33. The molecule has 2 aliphatic heterocycles. The number of ether oxygens (including phenoxy) is 3. The Bertz CT molecular complexity index is 1530. The zero-order valence-corrected chi connectivity index (χ0v) is 25.3. The number of carbonyl (C=O) groups excluding carboxylic acids is 3. The lowest BCUT2D eigenvalue weighted by molar-refractivity contribution is -0.124. The van der Waals surface area contributed by atoms with E-state index in [4.69, 9.17) is 18.7 Å². The van der Waals surface area contributed by atoms with Gasteiger partial charge in [-0.05, 0) is 55.0 Å². The fraction of sp³-hybridized carbons (Fsp3) is 0.455. The first-order valence-electron chi connectivity index (χ1n) is 15.2. The van der Waals surface area contributed by atoms with E-state index in [9.17, 15) is 14.4 Å². The van der Waals surface area contributed by atoms with Crippen LogP contribution in [0.1, 0.15) is 71.2 Å². The molecule has 3 amide bonds. The van der Waals surface area contributed by atoms with Crippen molar-refractivity contribution in [3.05, 3.63) is 71.1 Å². The molecule has 2 atom stereocenters. The normalized spacial score (nSPS) is 21.0. The lowest BCUT2D eigenvalue weighted by Gasteiger charge is -2.38. The molecule has 2 aromatic carbocycles. The maximum Gasteiger partial charge on any atom is 0.292 e. The molecule has 4 bridgehead atoms. The second kappa shape index (κ2) is 12.7. The molecular formula is C33H38N4O7. The van der Waals surface area contributed by atoms with Gasteiger partial charge in [-0.2, -0.15) is 0 Å². The maximum atomic E-state index is 13.4. The molecule has 2 fully saturated rings. The van der Waals surface area contributed by atoms with Gasteiger partial charge in [-0.25, -0.2) is 0 Å². The van der Waals surface area contributed by atoms with E-state index in [0.29, 0.717) is 54.2 Å². The van der Waals surface area contributed by atoms with Gasteiger partial charge in [0.1, 0.15) is 17.2 Å². The molecule has 232 valence electrons. The predicted molar refractivity (Wildman–Crippen MR) is 160 cm³/mol. The Morgan fingerprint density at radius 1 is 1.09 bits per heavy atom. The average molecular weight is 603 g/mol. The van der Waals surface area contributed by atoms with Crippen LogP contribution < -0.4 is 14.8 Å². The van der Waals surface area contributed by atoms with Crippen molar-refractivity contribution in [3.63, 3.8) is 0 Å². The standard InChI is InChI=1S/C33H38N4O7/c1-20(2)18-41-25-12-23-13-26(14-25)43-24-6-4-5-21(11-24)19-42-30-16-37(33(40)29-15-28(35-44-29)22-7-8-22)10-9-27(30)34-31(38)17-36(3)32(23)39/h4-6,11-15,20,22,27,30H,7-10,16-19H2,1-3H3,(H,34,38)/t27-,30-/m0/s1. The Balaban J connectivity index is 1.24. The van der Waals surface area contributed by atoms with Crippen molar-refractivity contribution in [2.24, 2.45) is 5.92 Å². The van der Waals surface area contributed by atoms with E-state index in [-0.39, 0.29) is 49.2 Å². The molecule has 0 spiro atoms. The van der Waals surface area contributed by atoms with Gasteiger partial charge in [-0.1, -0.05) is 31.1 Å². The highest BCUT2D eigenvalue weighted by molar-refractivity contribution is 5.97. The molecule has 1 saturated carbocycles. The molecule has 1 N–H and O–H groups in total. The monoisotopic (exact) mass is 602 g/mol. The largest absolute Gasteiger partial charge is 0.493 e. The smallest absolute Gasteiger partial charge is 0.292 e. The molecule has 6 rings (SSSR count). The molecule has 1 aromatic heterocycles. The number of rotatable bonds is 5. The number of piperidine rings is 1. The van der Waals surface area contributed by atoms with Crippen LogP contribution in [0.15, 0.2) is 53.1 Å². The zero-order chi connectivity index (χ0) is 30.8. The van der Waals surface area contributed by atoms with E-state index in [1.165, 1.54) is 4.90 Å². The Hall–Kier alpha value is -4.38. The molecule has 11 heteroatoms. The van der Waals surface area contributed by atoms with Crippen molar-refractivity contribution in [2.45, 2.75) is 57.8 Å². The molecule has 11 nitrogen and oxygen atoms in total. The van der Waals surface area contributed by atoms with Gasteiger partial charge in [-0.3, -0.25) is 14.4 Å². The zero-order valence-electron chi connectivity index (χ0n) is 25.3. The van der Waals surface area contributed by atoms with Crippen molar-refractivity contribution < 1.29 is 33.1 Å². The second-order valence-corrected chi connectivity index (χ2v) is 12.3. The van der Waals surface area contributed by atoms with Crippen LogP contribution in [-0.2, 0) is 16.1 Å². The van der Waals surface area contributed by atoms with Gasteiger partial charge < -0.3 is 33.9 Å². The van der Waals surface area contributed by atoms with Crippen LogP contribution in [-0.4, -0.2) is 78.1 Å². The summed E-state index contributed by atoms with van der Waals surface area (Å²) >= 11 is 0. The number of nitrogens with one attached hydrogen (secondary N) is 1. The van der Waals surface area contributed by atoms with Crippen LogP contribution in [0.2, 0.25) is 0 Å². The summed E-state index contributed by atoms with van der Waals surface area (Å²) in [5.41, 5.74) is 2.03. The van der Waals surface area contributed by atoms with Crippen molar-refractivity contribution in [2.75, 3.05) is 33.3 Å². The number of aromatic nitrogens is 1. The van der Waals surface area contributed by atoms with Crippen LogP contribution in [0.25, 0.3) is 0 Å². The minimum absolute atomic E-state index is 0.154. The molecule has 0 unspecified atom stereocenters. The van der Waals surface area contributed by atoms with Gasteiger partial charge in [0, 0.05) is 43.8 Å². The second-order valence-electron chi connectivity index (χ2n) is 12.3. The van der Waals surface area contributed by atoms with E-state index in [0.717, 1.165) is 24.1 Å². The molecule has 44 heavy (non-hydrogen) atoms. The summed E-state index contributed by atoms with van der Waals surface area (Å²) < 4.78 is 23.9. The Morgan fingerprint density at radius 2 is 1.93 bits per heavy atom. The van der Waals surface area contributed by atoms with E-state index >= 15 is 0 Å². The third kappa shape index (κ3) is 7.05. The van der Waals surface area contributed by atoms with E-state index in [1.807, 2.05) is 38.1 Å². The van der Waals surface area contributed by atoms with Gasteiger partial charge in [0.25, 0.3) is 11.8 Å². The number of likely N-dealkylation sites (tertiary alicyclic amines) is 1.